The molecule has 0 aromatic heterocycles. The Bertz CT molecular complexity index is 1150. The number of rotatable bonds is 5. The lowest BCUT2D eigenvalue weighted by molar-refractivity contribution is 0.869. The average Bonchev–Trinajstić information content (AvgIpc) is 2.79. The molecule has 4 rings (SSSR count). The van der Waals surface area contributed by atoms with E-state index in [4.69, 9.17) is 11.5 Å². The number of nitrogens with two attached hydrogens (primary N) is 2. The van der Waals surface area contributed by atoms with Crippen LogP contribution in [0.5, 0.6) is 0 Å². The Morgan fingerprint density at radius 1 is 0.438 bits per heavy atom. The smallest absolute Gasteiger partial charge is 0.0320 e. The van der Waals surface area contributed by atoms with E-state index in [9.17, 15) is 0 Å². The molecule has 2 heteroatoms. The summed E-state index contributed by atoms with van der Waals surface area (Å²) in [5.74, 6) is 0.820. The van der Waals surface area contributed by atoms with Crippen molar-refractivity contribution in [1.82, 2.24) is 0 Å². The third-order valence-corrected chi connectivity index (χ3v) is 6.12. The van der Waals surface area contributed by atoms with E-state index in [0.717, 1.165) is 22.5 Å². The molecule has 0 saturated heterocycles. The molecule has 0 aliphatic rings. The molecule has 0 fully saturated rings. The first-order valence-electron chi connectivity index (χ1n) is 11.3. The number of hydrogen-bond acceptors (Lipinski definition) is 2. The van der Waals surface area contributed by atoms with E-state index in [-0.39, 0.29) is 0 Å². The zero-order valence-corrected chi connectivity index (χ0v) is 19.4. The number of hydrogen-bond donors (Lipinski definition) is 2. The highest BCUT2D eigenvalue weighted by atomic mass is 14.5. The van der Waals surface area contributed by atoms with E-state index >= 15 is 0 Å². The molecular weight excluding hydrogens is 388 g/mol. The van der Waals surface area contributed by atoms with Crippen molar-refractivity contribution in [1.29, 1.82) is 0 Å². The van der Waals surface area contributed by atoms with Gasteiger partial charge in [-0.3, -0.25) is 0 Å². The largest absolute Gasteiger partial charge is 0.399 e. The highest BCUT2D eigenvalue weighted by Gasteiger charge is 2.18. The average molecular weight is 421 g/mol. The SMILES string of the molecule is CC(C)c1ccccc1-c1cc(N)ccc1-c1ccc(N)cc1-c1ccccc1C(C)C. The van der Waals surface area contributed by atoms with Crippen molar-refractivity contribution in [3.63, 3.8) is 0 Å². The molecule has 0 spiro atoms. The van der Waals surface area contributed by atoms with Crippen LogP contribution in [-0.4, -0.2) is 0 Å². The van der Waals surface area contributed by atoms with Crippen LogP contribution in [0.25, 0.3) is 33.4 Å². The summed E-state index contributed by atoms with van der Waals surface area (Å²) >= 11 is 0. The lowest BCUT2D eigenvalue weighted by Gasteiger charge is -2.21. The van der Waals surface area contributed by atoms with Crippen LogP contribution < -0.4 is 11.5 Å². The Morgan fingerprint density at radius 3 is 1.19 bits per heavy atom. The van der Waals surface area contributed by atoms with Crippen LogP contribution in [0.3, 0.4) is 0 Å². The minimum absolute atomic E-state index is 0.410. The zero-order chi connectivity index (χ0) is 22.8. The molecule has 2 nitrogen and oxygen atoms in total. The fourth-order valence-electron chi connectivity index (χ4n) is 4.53. The van der Waals surface area contributed by atoms with Gasteiger partial charge >= 0.3 is 0 Å². The van der Waals surface area contributed by atoms with Gasteiger partial charge in [0.05, 0.1) is 0 Å². The van der Waals surface area contributed by atoms with Crippen LogP contribution in [0.15, 0.2) is 84.9 Å². The van der Waals surface area contributed by atoms with Gasteiger partial charge < -0.3 is 11.5 Å². The molecule has 4 aromatic carbocycles. The van der Waals surface area contributed by atoms with Crippen LogP contribution in [0.4, 0.5) is 11.4 Å². The maximum atomic E-state index is 6.29. The Hall–Kier alpha value is -3.52. The van der Waals surface area contributed by atoms with Gasteiger partial charge in [0.2, 0.25) is 0 Å². The van der Waals surface area contributed by atoms with Gasteiger partial charge in [0.1, 0.15) is 0 Å². The van der Waals surface area contributed by atoms with E-state index in [1.807, 2.05) is 12.1 Å². The lowest BCUT2D eigenvalue weighted by atomic mass is 9.84. The van der Waals surface area contributed by atoms with E-state index in [0.29, 0.717) is 11.8 Å². The first kappa shape index (κ1) is 21.7. The molecule has 4 aromatic rings. The molecule has 4 N–H and O–H groups in total. The van der Waals surface area contributed by atoms with Gasteiger partial charge in [0.15, 0.2) is 0 Å². The van der Waals surface area contributed by atoms with E-state index < -0.39 is 0 Å². The molecule has 0 bridgehead atoms. The van der Waals surface area contributed by atoms with Gasteiger partial charge in [-0.15, -0.1) is 0 Å². The normalized spacial score (nSPS) is 11.3. The predicted octanol–water partition coefficient (Wildman–Crippen LogP) is 8.10. The number of nitrogen functional groups attached to an aromatic ring is 2. The minimum atomic E-state index is 0.410. The molecule has 162 valence electrons. The summed E-state index contributed by atoms with van der Waals surface area (Å²) in [4.78, 5) is 0. The monoisotopic (exact) mass is 420 g/mol. The first-order valence-corrected chi connectivity index (χ1v) is 11.3. The summed E-state index contributed by atoms with van der Waals surface area (Å²) in [6.07, 6.45) is 0. The standard InChI is InChI=1S/C30H32N2/c1-19(2)23-9-5-7-11-25(23)29-17-21(31)13-15-27(29)28-16-14-22(32)18-30(28)26-12-8-6-10-24(26)20(3)4/h5-20H,31-32H2,1-4H3. The molecule has 0 unspecified atom stereocenters. The Kier molecular flexibility index (Phi) is 6.05. The van der Waals surface area contributed by atoms with Crippen molar-refractivity contribution < 1.29 is 0 Å². The molecule has 32 heavy (non-hydrogen) atoms. The number of benzene rings is 4. The predicted molar refractivity (Wildman–Crippen MR) is 140 cm³/mol. The van der Waals surface area contributed by atoms with Crippen molar-refractivity contribution in [3.8, 4) is 33.4 Å². The Labute approximate surface area is 191 Å². The van der Waals surface area contributed by atoms with Crippen molar-refractivity contribution in [2.75, 3.05) is 11.5 Å². The Morgan fingerprint density at radius 2 is 0.812 bits per heavy atom. The van der Waals surface area contributed by atoms with Gasteiger partial charge in [-0.2, -0.15) is 0 Å². The summed E-state index contributed by atoms with van der Waals surface area (Å²) in [5, 5.41) is 0. The molecule has 0 atom stereocenters. The van der Waals surface area contributed by atoms with Gasteiger partial charge in [-0.1, -0.05) is 88.4 Å². The van der Waals surface area contributed by atoms with Crippen LogP contribution in [-0.2, 0) is 0 Å². The second kappa shape index (κ2) is 8.92. The quantitative estimate of drug-likeness (QED) is 0.320. The minimum Gasteiger partial charge on any atom is -0.399 e. The van der Waals surface area contributed by atoms with Crippen molar-refractivity contribution in [2.45, 2.75) is 39.5 Å². The summed E-state index contributed by atoms with van der Waals surface area (Å²) in [5.41, 5.74) is 23.8. The molecule has 0 aliphatic carbocycles. The lowest BCUT2D eigenvalue weighted by Crippen LogP contribution is -1.98. The van der Waals surface area contributed by atoms with Gasteiger partial charge in [-0.05, 0) is 80.6 Å². The highest BCUT2D eigenvalue weighted by molar-refractivity contribution is 5.95. The van der Waals surface area contributed by atoms with Gasteiger partial charge in [-0.25, -0.2) is 0 Å². The van der Waals surface area contributed by atoms with Crippen LogP contribution >= 0.6 is 0 Å². The van der Waals surface area contributed by atoms with Crippen molar-refractivity contribution in [3.05, 3.63) is 96.1 Å². The summed E-state index contributed by atoms with van der Waals surface area (Å²) in [6.45, 7) is 8.94. The molecule has 0 amide bonds. The van der Waals surface area contributed by atoms with Crippen LogP contribution in [0.2, 0.25) is 0 Å². The topological polar surface area (TPSA) is 52.0 Å². The molecular formula is C30H32N2. The number of anilines is 2. The summed E-state index contributed by atoms with van der Waals surface area (Å²) in [6, 6.07) is 29.7. The molecule has 0 heterocycles. The third kappa shape index (κ3) is 4.13. The molecule has 0 saturated carbocycles. The Balaban J connectivity index is 2.03. The second-order valence-electron chi connectivity index (χ2n) is 9.09. The summed E-state index contributed by atoms with van der Waals surface area (Å²) < 4.78 is 0. The van der Waals surface area contributed by atoms with Crippen LogP contribution in [0, 0.1) is 0 Å². The second-order valence-corrected chi connectivity index (χ2v) is 9.09. The van der Waals surface area contributed by atoms with E-state index in [1.165, 1.54) is 33.4 Å². The highest BCUT2D eigenvalue weighted by Crippen LogP contribution is 2.43. The van der Waals surface area contributed by atoms with E-state index in [1.54, 1.807) is 0 Å². The third-order valence-electron chi connectivity index (χ3n) is 6.12. The van der Waals surface area contributed by atoms with E-state index in [2.05, 4.69) is 100 Å². The fourth-order valence-corrected chi connectivity index (χ4v) is 4.53. The van der Waals surface area contributed by atoms with Gasteiger partial charge in [0.25, 0.3) is 0 Å². The molecule has 0 aliphatic heterocycles. The van der Waals surface area contributed by atoms with Gasteiger partial charge in [0, 0.05) is 11.4 Å². The molecule has 0 radical (unpaired) electrons. The maximum absolute atomic E-state index is 6.29. The fraction of sp³-hybridized carbons (Fsp3) is 0.200. The first-order chi connectivity index (χ1) is 15.4. The zero-order valence-electron chi connectivity index (χ0n) is 19.4. The maximum Gasteiger partial charge on any atom is 0.0320 e. The van der Waals surface area contributed by atoms with Crippen molar-refractivity contribution in [2.24, 2.45) is 0 Å². The van der Waals surface area contributed by atoms with Crippen LogP contribution in [0.1, 0.15) is 50.7 Å². The summed E-state index contributed by atoms with van der Waals surface area (Å²) in [7, 11) is 0. The van der Waals surface area contributed by atoms with Crippen molar-refractivity contribution >= 4 is 11.4 Å².